The van der Waals surface area contributed by atoms with Gasteiger partial charge in [0.25, 0.3) is 5.69 Å². The molecule has 1 aromatic heterocycles. The van der Waals surface area contributed by atoms with Crippen LogP contribution in [0.25, 0.3) is 0 Å². The number of benzene rings is 2. The highest BCUT2D eigenvalue weighted by atomic mass is 79.9. The monoisotopic (exact) mass is 500 g/mol. The fourth-order valence-corrected chi connectivity index (χ4v) is 3.32. The van der Waals surface area contributed by atoms with Crippen molar-refractivity contribution >= 4 is 45.5 Å². The quantitative estimate of drug-likeness (QED) is 0.199. The molecule has 0 bridgehead atoms. The van der Waals surface area contributed by atoms with Crippen molar-refractivity contribution in [2.24, 2.45) is 5.10 Å². The standard InChI is InChI=1S/C21H17BrN4O4S/c22-17-6-4-15(5-7-17)13-30-19-9-8-18(26(28)29)11-16(19)12-24-25-20(27)14-31-21-3-1-2-10-23-21/h1-12H,13-14H2,(H,25,27)/b24-12-. The number of nitrogens with one attached hydrogen (secondary N) is 1. The molecule has 10 heteroatoms. The first-order valence-corrected chi connectivity index (χ1v) is 10.8. The topological polar surface area (TPSA) is 107 Å². The lowest BCUT2D eigenvalue weighted by Gasteiger charge is -2.09. The van der Waals surface area contributed by atoms with Crippen molar-refractivity contribution in [3.05, 3.63) is 92.6 Å². The molecule has 0 aliphatic heterocycles. The molecule has 2 aromatic carbocycles. The zero-order chi connectivity index (χ0) is 22.1. The van der Waals surface area contributed by atoms with Crippen LogP contribution < -0.4 is 10.2 Å². The molecular weight excluding hydrogens is 484 g/mol. The van der Waals surface area contributed by atoms with Gasteiger partial charge in [0.2, 0.25) is 5.91 Å². The number of nitro benzene ring substituents is 1. The van der Waals surface area contributed by atoms with E-state index in [-0.39, 0.29) is 24.0 Å². The van der Waals surface area contributed by atoms with Gasteiger partial charge in [-0.25, -0.2) is 10.4 Å². The van der Waals surface area contributed by atoms with Gasteiger partial charge in [0.15, 0.2) is 0 Å². The molecular formula is C21H17BrN4O4S. The van der Waals surface area contributed by atoms with Gasteiger partial charge in [0.1, 0.15) is 12.4 Å². The number of aromatic nitrogens is 1. The second-order valence-electron chi connectivity index (χ2n) is 6.14. The molecule has 3 rings (SSSR count). The SMILES string of the molecule is O=C(CSc1ccccn1)N/N=C\c1cc([N+](=O)[O-])ccc1OCc1ccc(Br)cc1. The summed E-state index contributed by atoms with van der Waals surface area (Å²) in [6.45, 7) is 0.277. The Balaban J connectivity index is 1.64. The Morgan fingerprint density at radius 1 is 1.23 bits per heavy atom. The van der Waals surface area contributed by atoms with Crippen LogP contribution >= 0.6 is 27.7 Å². The second-order valence-corrected chi connectivity index (χ2v) is 8.06. The number of amides is 1. The van der Waals surface area contributed by atoms with Crippen molar-refractivity contribution in [2.45, 2.75) is 11.6 Å². The number of non-ortho nitro benzene ring substituents is 1. The van der Waals surface area contributed by atoms with E-state index in [2.05, 4.69) is 31.4 Å². The van der Waals surface area contributed by atoms with E-state index in [0.29, 0.717) is 11.3 Å². The second kappa shape index (κ2) is 11.2. The van der Waals surface area contributed by atoms with E-state index in [1.165, 1.54) is 36.2 Å². The third kappa shape index (κ3) is 7.19. The predicted octanol–water partition coefficient (Wildman–Crippen LogP) is 4.57. The molecule has 1 N–H and O–H groups in total. The first-order chi connectivity index (χ1) is 15.0. The lowest BCUT2D eigenvalue weighted by molar-refractivity contribution is -0.384. The highest BCUT2D eigenvalue weighted by Crippen LogP contribution is 2.24. The van der Waals surface area contributed by atoms with Gasteiger partial charge < -0.3 is 4.74 Å². The smallest absolute Gasteiger partial charge is 0.270 e. The molecule has 0 unspecified atom stereocenters. The van der Waals surface area contributed by atoms with Crippen LogP contribution in [-0.4, -0.2) is 27.8 Å². The number of nitrogens with zero attached hydrogens (tertiary/aromatic N) is 3. The van der Waals surface area contributed by atoms with Crippen LogP contribution in [0, 0.1) is 10.1 Å². The van der Waals surface area contributed by atoms with E-state index in [1.54, 1.807) is 18.3 Å². The summed E-state index contributed by atoms with van der Waals surface area (Å²) in [6, 6.07) is 17.3. The summed E-state index contributed by atoms with van der Waals surface area (Å²) in [5.41, 5.74) is 3.62. The van der Waals surface area contributed by atoms with Crippen LogP contribution in [0.1, 0.15) is 11.1 Å². The number of hydrogen-bond donors (Lipinski definition) is 1. The Labute approximate surface area is 191 Å². The molecule has 31 heavy (non-hydrogen) atoms. The third-order valence-electron chi connectivity index (χ3n) is 3.89. The molecule has 0 spiro atoms. The number of pyridine rings is 1. The Morgan fingerprint density at radius 2 is 2.03 bits per heavy atom. The first-order valence-electron chi connectivity index (χ1n) is 9.02. The van der Waals surface area contributed by atoms with Gasteiger partial charge >= 0.3 is 0 Å². The highest BCUT2D eigenvalue weighted by molar-refractivity contribution is 9.10. The molecule has 0 aliphatic carbocycles. The summed E-state index contributed by atoms with van der Waals surface area (Å²) >= 11 is 4.65. The van der Waals surface area contributed by atoms with Gasteiger partial charge in [0, 0.05) is 28.4 Å². The number of thioether (sulfide) groups is 1. The van der Waals surface area contributed by atoms with Crippen LogP contribution in [0.15, 0.2) is 81.5 Å². The van der Waals surface area contributed by atoms with E-state index in [0.717, 1.165) is 15.1 Å². The highest BCUT2D eigenvalue weighted by Gasteiger charge is 2.11. The van der Waals surface area contributed by atoms with E-state index in [4.69, 9.17) is 4.74 Å². The number of carbonyl (C=O) groups excluding carboxylic acids is 1. The first kappa shape index (κ1) is 22.4. The van der Waals surface area contributed by atoms with Crippen molar-refractivity contribution in [2.75, 3.05) is 5.75 Å². The largest absolute Gasteiger partial charge is 0.488 e. The average Bonchev–Trinajstić information content (AvgIpc) is 2.78. The van der Waals surface area contributed by atoms with E-state index < -0.39 is 4.92 Å². The molecule has 0 aliphatic rings. The maximum absolute atomic E-state index is 12.0. The van der Waals surface area contributed by atoms with Crippen molar-refractivity contribution in [1.82, 2.24) is 10.4 Å². The number of hydrazone groups is 1. The number of carbonyl (C=O) groups is 1. The summed E-state index contributed by atoms with van der Waals surface area (Å²) in [4.78, 5) is 26.7. The minimum Gasteiger partial charge on any atom is -0.488 e. The van der Waals surface area contributed by atoms with Gasteiger partial charge in [-0.2, -0.15) is 5.10 Å². The molecule has 0 fully saturated rings. The average molecular weight is 501 g/mol. The molecule has 0 atom stereocenters. The summed E-state index contributed by atoms with van der Waals surface area (Å²) in [5.74, 6) is 0.222. The summed E-state index contributed by atoms with van der Waals surface area (Å²) < 4.78 is 6.76. The zero-order valence-electron chi connectivity index (χ0n) is 16.1. The minimum atomic E-state index is -0.502. The summed E-state index contributed by atoms with van der Waals surface area (Å²) in [6.07, 6.45) is 2.98. The fraction of sp³-hybridized carbons (Fsp3) is 0.0952. The Kier molecular flexibility index (Phi) is 8.13. The Bertz CT molecular complexity index is 1080. The third-order valence-corrected chi connectivity index (χ3v) is 5.37. The van der Waals surface area contributed by atoms with Gasteiger partial charge in [0.05, 0.1) is 21.9 Å². The molecule has 8 nitrogen and oxygen atoms in total. The van der Waals surface area contributed by atoms with Crippen LogP contribution in [-0.2, 0) is 11.4 Å². The van der Waals surface area contributed by atoms with Crippen molar-refractivity contribution in [3.8, 4) is 5.75 Å². The maximum Gasteiger partial charge on any atom is 0.270 e. The van der Waals surface area contributed by atoms with Crippen molar-refractivity contribution < 1.29 is 14.5 Å². The number of hydrogen-bond acceptors (Lipinski definition) is 7. The Hall–Kier alpha value is -3.24. The zero-order valence-corrected chi connectivity index (χ0v) is 18.5. The van der Waals surface area contributed by atoms with Gasteiger partial charge in [-0.1, -0.05) is 45.9 Å². The molecule has 158 valence electrons. The maximum atomic E-state index is 12.0. The van der Waals surface area contributed by atoms with E-state index in [1.807, 2.05) is 30.3 Å². The minimum absolute atomic E-state index is 0.102. The molecule has 0 radical (unpaired) electrons. The molecule has 0 saturated heterocycles. The molecule has 3 aromatic rings. The summed E-state index contributed by atoms with van der Waals surface area (Å²) in [5, 5.41) is 15.8. The number of halogens is 1. The van der Waals surface area contributed by atoms with Crippen LogP contribution in [0.4, 0.5) is 5.69 Å². The van der Waals surface area contributed by atoms with Crippen LogP contribution in [0.3, 0.4) is 0 Å². The molecule has 1 heterocycles. The molecule has 0 saturated carbocycles. The van der Waals surface area contributed by atoms with E-state index in [9.17, 15) is 14.9 Å². The lowest BCUT2D eigenvalue weighted by atomic mass is 10.2. The van der Waals surface area contributed by atoms with Crippen LogP contribution in [0.2, 0.25) is 0 Å². The van der Waals surface area contributed by atoms with Crippen LogP contribution in [0.5, 0.6) is 5.75 Å². The van der Waals surface area contributed by atoms with Gasteiger partial charge in [-0.05, 0) is 35.9 Å². The number of rotatable bonds is 9. The predicted molar refractivity (Wildman–Crippen MR) is 122 cm³/mol. The number of ether oxygens (including phenoxy) is 1. The van der Waals surface area contributed by atoms with Gasteiger partial charge in [-0.3, -0.25) is 14.9 Å². The molecule has 1 amide bonds. The number of nitro groups is 1. The fourth-order valence-electron chi connectivity index (χ4n) is 2.40. The van der Waals surface area contributed by atoms with Crippen molar-refractivity contribution in [3.63, 3.8) is 0 Å². The lowest BCUT2D eigenvalue weighted by Crippen LogP contribution is -2.19. The van der Waals surface area contributed by atoms with Gasteiger partial charge in [-0.15, -0.1) is 0 Å². The Morgan fingerprint density at radius 3 is 2.74 bits per heavy atom. The summed E-state index contributed by atoms with van der Waals surface area (Å²) in [7, 11) is 0. The van der Waals surface area contributed by atoms with Crippen molar-refractivity contribution in [1.29, 1.82) is 0 Å². The normalized spacial score (nSPS) is 10.7. The van der Waals surface area contributed by atoms with E-state index >= 15 is 0 Å².